The fraction of sp³-hybridized carbons (Fsp3) is 0.389. The highest BCUT2D eigenvalue weighted by atomic mass is 35.5. The van der Waals surface area contributed by atoms with Crippen LogP contribution in [0, 0.1) is 0 Å². The van der Waals surface area contributed by atoms with Crippen molar-refractivity contribution in [1.82, 2.24) is 19.6 Å². The van der Waals surface area contributed by atoms with Gasteiger partial charge in [0.1, 0.15) is 17.6 Å². The van der Waals surface area contributed by atoms with Crippen LogP contribution < -0.4 is 4.74 Å². The van der Waals surface area contributed by atoms with E-state index in [2.05, 4.69) is 4.90 Å². The van der Waals surface area contributed by atoms with Crippen molar-refractivity contribution in [2.75, 3.05) is 65.6 Å². The molecule has 0 N–H and O–H groups in total. The Labute approximate surface area is 290 Å². The maximum Gasteiger partial charge on any atom is 0.326 e. The third-order valence-electron chi connectivity index (χ3n) is 8.99. The third-order valence-corrected chi connectivity index (χ3v) is 9.49. The van der Waals surface area contributed by atoms with Gasteiger partial charge in [-0.15, -0.1) is 0 Å². The number of Topliss-reactive ketones (excluding diaryl/α,β-unsaturated/α-hetero) is 1. The first-order valence-electron chi connectivity index (χ1n) is 16.3. The van der Waals surface area contributed by atoms with E-state index in [9.17, 15) is 14.4 Å². The SMILES string of the molecule is CCOc1cc(C(C)=O)ccc1C1=N[C@@H](c2ccc(Cl)cc2)[C@@H](c2ccc(Cl)cc2)N1C(=O)N1CCN(CC(=O)N2CCOCC2)CC1. The molecule has 3 aliphatic rings. The van der Waals surface area contributed by atoms with Crippen LogP contribution in [-0.2, 0) is 9.53 Å². The number of piperazine rings is 1. The predicted octanol–water partition coefficient (Wildman–Crippen LogP) is 5.74. The first-order valence-corrected chi connectivity index (χ1v) is 17.0. The number of ether oxygens (including phenoxy) is 2. The number of benzene rings is 3. The standard InChI is InChI=1S/C36H39Cl2N5O5/c1-3-48-31-22-27(24(2)44)8-13-30(31)35-39-33(25-4-9-28(37)10-5-25)34(26-6-11-29(38)12-7-26)43(35)36(46)42-16-14-40(15-17-42)23-32(45)41-18-20-47-21-19-41/h4-13,22,33-34H,3,14-21,23H2,1-2H3/t33-,34+/m0/s1. The molecule has 6 rings (SSSR count). The summed E-state index contributed by atoms with van der Waals surface area (Å²) in [6.07, 6.45) is 0. The molecule has 0 unspecified atom stereocenters. The summed E-state index contributed by atoms with van der Waals surface area (Å²) in [6.45, 7) is 8.39. The Morgan fingerprint density at radius 1 is 0.833 bits per heavy atom. The quantitative estimate of drug-likeness (QED) is 0.280. The van der Waals surface area contributed by atoms with Crippen LogP contribution in [0.5, 0.6) is 5.75 Å². The normalized spacial score (nSPS) is 20.1. The van der Waals surface area contributed by atoms with Crippen molar-refractivity contribution in [1.29, 1.82) is 0 Å². The first-order chi connectivity index (χ1) is 23.2. The van der Waals surface area contributed by atoms with E-state index >= 15 is 0 Å². The van der Waals surface area contributed by atoms with Crippen LogP contribution in [0.4, 0.5) is 4.79 Å². The lowest BCUT2D eigenvalue weighted by Crippen LogP contribution is -2.56. The second kappa shape index (κ2) is 15.1. The molecule has 3 amide bonds. The predicted molar refractivity (Wildman–Crippen MR) is 185 cm³/mol. The second-order valence-electron chi connectivity index (χ2n) is 12.1. The van der Waals surface area contributed by atoms with Crippen LogP contribution in [0.3, 0.4) is 0 Å². The van der Waals surface area contributed by atoms with Gasteiger partial charge in [-0.05, 0) is 61.4 Å². The van der Waals surface area contributed by atoms with Crippen LogP contribution in [-0.4, -0.2) is 109 Å². The van der Waals surface area contributed by atoms with Gasteiger partial charge in [0.2, 0.25) is 5.91 Å². The van der Waals surface area contributed by atoms with Gasteiger partial charge in [0, 0.05) is 54.9 Å². The number of halogens is 2. The highest BCUT2D eigenvalue weighted by molar-refractivity contribution is 6.30. The van der Waals surface area contributed by atoms with Gasteiger partial charge in [-0.1, -0.05) is 53.5 Å². The average molecular weight is 693 g/mol. The number of carbonyl (C=O) groups is 3. The topological polar surface area (TPSA) is 95.0 Å². The monoisotopic (exact) mass is 691 g/mol. The van der Waals surface area contributed by atoms with Crippen LogP contribution in [0.25, 0.3) is 0 Å². The van der Waals surface area contributed by atoms with E-state index in [1.807, 2.05) is 65.3 Å². The van der Waals surface area contributed by atoms with Gasteiger partial charge in [0.25, 0.3) is 0 Å². The lowest BCUT2D eigenvalue weighted by atomic mass is 9.93. The Morgan fingerprint density at radius 3 is 2.06 bits per heavy atom. The Balaban J connectivity index is 1.36. The summed E-state index contributed by atoms with van der Waals surface area (Å²) in [7, 11) is 0. The van der Waals surface area contributed by atoms with Gasteiger partial charge in [0.15, 0.2) is 5.78 Å². The highest BCUT2D eigenvalue weighted by Gasteiger charge is 2.45. The Bertz CT molecular complexity index is 1670. The van der Waals surface area contributed by atoms with Crippen molar-refractivity contribution in [2.45, 2.75) is 25.9 Å². The number of amides is 3. The van der Waals surface area contributed by atoms with Crippen molar-refractivity contribution < 1.29 is 23.9 Å². The Hall–Kier alpha value is -3.96. The molecule has 0 radical (unpaired) electrons. The van der Waals surface area contributed by atoms with Crippen molar-refractivity contribution in [3.63, 3.8) is 0 Å². The number of morpholine rings is 1. The van der Waals surface area contributed by atoms with E-state index < -0.39 is 12.1 Å². The number of urea groups is 1. The molecule has 2 saturated heterocycles. The molecule has 2 atom stereocenters. The molecule has 3 heterocycles. The van der Waals surface area contributed by atoms with E-state index in [1.54, 1.807) is 23.1 Å². The smallest absolute Gasteiger partial charge is 0.326 e. The zero-order chi connectivity index (χ0) is 33.8. The molecular formula is C36H39Cl2N5O5. The van der Waals surface area contributed by atoms with E-state index in [-0.39, 0.29) is 17.7 Å². The van der Waals surface area contributed by atoms with Crippen LogP contribution >= 0.6 is 23.2 Å². The molecule has 2 fully saturated rings. The number of nitrogens with zero attached hydrogens (tertiary/aromatic N) is 5. The van der Waals surface area contributed by atoms with Gasteiger partial charge in [-0.3, -0.25) is 24.4 Å². The number of hydrogen-bond donors (Lipinski definition) is 0. The summed E-state index contributed by atoms with van der Waals surface area (Å²) in [4.78, 5) is 52.8. The number of ketones is 1. The summed E-state index contributed by atoms with van der Waals surface area (Å²) >= 11 is 12.6. The van der Waals surface area contributed by atoms with Crippen molar-refractivity contribution >= 4 is 46.8 Å². The fourth-order valence-electron chi connectivity index (χ4n) is 6.41. The molecule has 12 heteroatoms. The number of rotatable bonds is 8. The molecule has 0 bridgehead atoms. The second-order valence-corrected chi connectivity index (χ2v) is 12.9. The third kappa shape index (κ3) is 7.37. The van der Waals surface area contributed by atoms with E-state index in [1.165, 1.54) is 6.92 Å². The molecule has 3 aromatic carbocycles. The lowest BCUT2D eigenvalue weighted by Gasteiger charge is -2.39. The molecule has 3 aromatic rings. The summed E-state index contributed by atoms with van der Waals surface area (Å²) in [5.41, 5.74) is 2.86. The van der Waals surface area contributed by atoms with Crippen LogP contribution in [0.2, 0.25) is 10.0 Å². The zero-order valence-electron chi connectivity index (χ0n) is 27.1. The molecule has 0 saturated carbocycles. The van der Waals surface area contributed by atoms with Crippen LogP contribution in [0.15, 0.2) is 71.7 Å². The van der Waals surface area contributed by atoms with Gasteiger partial charge < -0.3 is 19.3 Å². The molecular weight excluding hydrogens is 653 g/mol. The molecule has 0 aliphatic carbocycles. The Kier molecular flexibility index (Phi) is 10.7. The maximum absolute atomic E-state index is 14.8. The fourth-order valence-corrected chi connectivity index (χ4v) is 6.66. The van der Waals surface area contributed by atoms with E-state index in [0.29, 0.717) is 98.4 Å². The number of hydrogen-bond acceptors (Lipinski definition) is 7. The minimum atomic E-state index is -0.520. The molecule has 0 spiro atoms. The summed E-state index contributed by atoms with van der Waals surface area (Å²) < 4.78 is 11.5. The van der Waals surface area contributed by atoms with Crippen molar-refractivity contribution in [2.24, 2.45) is 4.99 Å². The maximum atomic E-state index is 14.8. The largest absolute Gasteiger partial charge is 0.493 e. The number of amidine groups is 1. The van der Waals surface area contributed by atoms with Crippen molar-refractivity contribution in [3.05, 3.63) is 99.0 Å². The van der Waals surface area contributed by atoms with Crippen LogP contribution in [0.1, 0.15) is 53.0 Å². The van der Waals surface area contributed by atoms with Gasteiger partial charge in [-0.2, -0.15) is 0 Å². The number of aliphatic imine (C=N–C) groups is 1. The summed E-state index contributed by atoms with van der Waals surface area (Å²) in [5, 5.41) is 1.18. The molecule has 252 valence electrons. The minimum absolute atomic E-state index is 0.0816. The molecule has 48 heavy (non-hydrogen) atoms. The molecule has 10 nitrogen and oxygen atoms in total. The van der Waals surface area contributed by atoms with Gasteiger partial charge in [0.05, 0.1) is 38.0 Å². The molecule has 0 aromatic heterocycles. The number of carbonyl (C=O) groups excluding carboxylic acids is 3. The average Bonchev–Trinajstić information content (AvgIpc) is 3.49. The first kappa shape index (κ1) is 33.9. The van der Waals surface area contributed by atoms with Crippen molar-refractivity contribution in [3.8, 4) is 5.75 Å². The lowest BCUT2D eigenvalue weighted by molar-refractivity contribution is -0.136. The molecule has 3 aliphatic heterocycles. The van der Waals surface area contributed by atoms with E-state index in [4.69, 9.17) is 37.7 Å². The van der Waals surface area contributed by atoms with E-state index in [0.717, 1.165) is 11.1 Å². The summed E-state index contributed by atoms with van der Waals surface area (Å²) in [6, 6.07) is 19.0. The van der Waals surface area contributed by atoms with Gasteiger partial charge >= 0.3 is 6.03 Å². The minimum Gasteiger partial charge on any atom is -0.493 e. The Morgan fingerprint density at radius 2 is 1.46 bits per heavy atom. The zero-order valence-corrected chi connectivity index (χ0v) is 28.6. The van der Waals surface area contributed by atoms with Gasteiger partial charge in [-0.25, -0.2) is 4.79 Å². The summed E-state index contributed by atoms with van der Waals surface area (Å²) in [5.74, 6) is 0.910. The highest BCUT2D eigenvalue weighted by Crippen LogP contribution is 2.45.